The Morgan fingerprint density at radius 1 is 1.00 bits per heavy atom. The lowest BCUT2D eigenvalue weighted by Crippen LogP contribution is -2.40. The molecule has 0 saturated heterocycles. The number of benzene rings is 3. The van der Waals surface area contributed by atoms with Crippen LogP contribution in [0.15, 0.2) is 94.2 Å². The van der Waals surface area contributed by atoms with Gasteiger partial charge in [-0.1, -0.05) is 65.9 Å². The monoisotopic (exact) mass is 570 g/mol. The number of thiazole rings is 1. The summed E-state index contributed by atoms with van der Waals surface area (Å²) in [5.41, 5.74) is 2.54. The third-order valence-electron chi connectivity index (χ3n) is 6.35. The van der Waals surface area contributed by atoms with Crippen molar-refractivity contribution in [3.63, 3.8) is 0 Å². The molecule has 1 atom stereocenters. The molecule has 208 valence electrons. The number of methoxy groups -OCH3 is 1. The summed E-state index contributed by atoms with van der Waals surface area (Å²) in [5.74, 6) is -0.584. The molecular weight excluding hydrogens is 544 g/mol. The third kappa shape index (κ3) is 5.82. The van der Waals surface area contributed by atoms with E-state index in [-0.39, 0.29) is 17.7 Å². The molecule has 2 heterocycles. The van der Waals surface area contributed by atoms with Crippen molar-refractivity contribution < 1.29 is 28.9 Å². The SMILES string of the molecule is CCOC(=O)C1=C(c2ccccc2)N=c2s/c(=C/c3ccc(OCC(=O)O)cc3)c(=O)n2[C@@H]1c1ccc(OC)cc1. The summed E-state index contributed by atoms with van der Waals surface area (Å²) in [6.07, 6.45) is 1.73. The van der Waals surface area contributed by atoms with Crippen LogP contribution >= 0.6 is 11.3 Å². The molecule has 4 aromatic rings. The van der Waals surface area contributed by atoms with Gasteiger partial charge in [0.1, 0.15) is 11.5 Å². The Balaban J connectivity index is 1.70. The normalized spacial score (nSPS) is 14.7. The number of rotatable bonds is 9. The van der Waals surface area contributed by atoms with Crippen molar-refractivity contribution in [1.82, 2.24) is 4.57 Å². The van der Waals surface area contributed by atoms with Crippen LogP contribution in [0.3, 0.4) is 0 Å². The molecule has 1 aliphatic rings. The van der Waals surface area contributed by atoms with E-state index in [1.807, 2.05) is 42.5 Å². The zero-order valence-electron chi connectivity index (χ0n) is 22.3. The highest BCUT2D eigenvalue weighted by Gasteiger charge is 2.35. The fourth-order valence-corrected chi connectivity index (χ4v) is 5.50. The zero-order valence-corrected chi connectivity index (χ0v) is 23.1. The zero-order chi connectivity index (χ0) is 28.9. The summed E-state index contributed by atoms with van der Waals surface area (Å²) in [7, 11) is 1.57. The third-order valence-corrected chi connectivity index (χ3v) is 7.33. The summed E-state index contributed by atoms with van der Waals surface area (Å²) in [6.45, 7) is 1.45. The Bertz CT molecular complexity index is 1790. The summed E-state index contributed by atoms with van der Waals surface area (Å²) in [6, 6.07) is 22.5. The van der Waals surface area contributed by atoms with E-state index < -0.39 is 24.6 Å². The van der Waals surface area contributed by atoms with Gasteiger partial charge in [-0.25, -0.2) is 14.6 Å². The predicted octanol–water partition coefficient (Wildman–Crippen LogP) is 3.41. The molecule has 41 heavy (non-hydrogen) atoms. The fraction of sp³-hybridized carbons (Fsp3) is 0.161. The van der Waals surface area contributed by atoms with Crippen LogP contribution in [0.1, 0.15) is 29.7 Å². The van der Waals surface area contributed by atoms with Crippen molar-refractivity contribution in [2.45, 2.75) is 13.0 Å². The predicted molar refractivity (Wildman–Crippen MR) is 154 cm³/mol. The lowest BCUT2D eigenvalue weighted by Gasteiger charge is -2.26. The quantitative estimate of drug-likeness (QED) is 0.307. The Labute approximate surface area is 238 Å². The number of carboxylic acids is 1. The first-order chi connectivity index (χ1) is 19.9. The number of ether oxygens (including phenoxy) is 3. The van der Waals surface area contributed by atoms with E-state index >= 15 is 0 Å². The number of nitrogens with zero attached hydrogens (tertiary/aromatic N) is 2. The molecule has 1 aromatic heterocycles. The van der Waals surface area contributed by atoms with E-state index in [1.54, 1.807) is 56.5 Å². The Morgan fingerprint density at radius 2 is 1.68 bits per heavy atom. The first-order valence-corrected chi connectivity index (χ1v) is 13.6. The highest BCUT2D eigenvalue weighted by molar-refractivity contribution is 7.07. The Kier molecular flexibility index (Phi) is 8.11. The standard InChI is InChI=1S/C31H26N2O7S/c1-3-39-30(37)26-27(20-7-5-4-6-8-20)32-31-33(28(26)21-11-15-22(38-2)16-12-21)29(36)24(41-31)17-19-9-13-23(14-10-19)40-18-25(34)35/h4-17,28H,3,18H2,1-2H3,(H,34,35)/b24-17+/t28-/m1/s1. The van der Waals surface area contributed by atoms with Gasteiger partial charge in [0.05, 0.1) is 35.6 Å². The van der Waals surface area contributed by atoms with Crippen LogP contribution in [-0.2, 0) is 14.3 Å². The molecule has 0 amide bonds. The summed E-state index contributed by atoms with van der Waals surface area (Å²) in [4.78, 5) is 43.5. The van der Waals surface area contributed by atoms with Gasteiger partial charge in [0.15, 0.2) is 11.4 Å². The molecular formula is C31H26N2O7S. The van der Waals surface area contributed by atoms with Gasteiger partial charge < -0.3 is 19.3 Å². The van der Waals surface area contributed by atoms with E-state index in [2.05, 4.69) is 0 Å². The fourth-order valence-electron chi connectivity index (χ4n) is 4.50. The van der Waals surface area contributed by atoms with Crippen LogP contribution in [0.4, 0.5) is 0 Å². The van der Waals surface area contributed by atoms with Crippen molar-refractivity contribution in [3.8, 4) is 11.5 Å². The van der Waals surface area contributed by atoms with Crippen LogP contribution in [0.25, 0.3) is 11.8 Å². The molecule has 0 spiro atoms. The average Bonchev–Trinajstić information content (AvgIpc) is 3.30. The van der Waals surface area contributed by atoms with Gasteiger partial charge in [0.25, 0.3) is 5.56 Å². The molecule has 0 unspecified atom stereocenters. The number of aliphatic carboxylic acids is 1. The van der Waals surface area contributed by atoms with Gasteiger partial charge >= 0.3 is 11.9 Å². The summed E-state index contributed by atoms with van der Waals surface area (Å²) < 4.78 is 18.0. The second-order valence-corrected chi connectivity index (χ2v) is 9.97. The van der Waals surface area contributed by atoms with Crippen LogP contribution in [0.2, 0.25) is 0 Å². The van der Waals surface area contributed by atoms with Crippen LogP contribution in [-0.4, -0.2) is 41.9 Å². The molecule has 0 saturated carbocycles. The van der Waals surface area contributed by atoms with Crippen LogP contribution < -0.4 is 24.4 Å². The van der Waals surface area contributed by atoms with Crippen LogP contribution in [0.5, 0.6) is 11.5 Å². The maximum atomic E-state index is 13.9. The maximum absolute atomic E-state index is 13.9. The molecule has 0 bridgehead atoms. The number of esters is 1. The molecule has 1 N–H and O–H groups in total. The van der Waals surface area contributed by atoms with Gasteiger partial charge in [0, 0.05) is 5.56 Å². The average molecular weight is 571 g/mol. The lowest BCUT2D eigenvalue weighted by molar-refractivity contribution is -0.140. The van der Waals surface area contributed by atoms with Crippen molar-refractivity contribution in [2.75, 3.05) is 20.3 Å². The molecule has 0 radical (unpaired) electrons. The number of carbonyl (C=O) groups is 2. The number of aromatic nitrogens is 1. The Hall–Kier alpha value is -4.96. The van der Waals surface area contributed by atoms with Crippen molar-refractivity contribution in [2.24, 2.45) is 4.99 Å². The number of hydrogen-bond acceptors (Lipinski definition) is 8. The molecule has 1 aliphatic heterocycles. The van der Waals surface area contributed by atoms with Gasteiger partial charge in [-0.15, -0.1) is 0 Å². The summed E-state index contributed by atoms with van der Waals surface area (Å²) in [5, 5.41) is 8.82. The van der Waals surface area contributed by atoms with Gasteiger partial charge in [-0.3, -0.25) is 9.36 Å². The first-order valence-electron chi connectivity index (χ1n) is 12.8. The number of carboxylic acid groups (broad SMARTS) is 1. The highest BCUT2D eigenvalue weighted by atomic mass is 32.1. The Morgan fingerprint density at radius 3 is 2.32 bits per heavy atom. The van der Waals surface area contributed by atoms with E-state index in [0.29, 0.717) is 37.7 Å². The topological polar surface area (TPSA) is 116 Å². The number of hydrogen-bond donors (Lipinski definition) is 1. The smallest absolute Gasteiger partial charge is 0.341 e. The number of carbonyl (C=O) groups excluding carboxylic acids is 1. The second kappa shape index (κ2) is 12.1. The molecule has 5 rings (SSSR count). The van der Waals surface area contributed by atoms with E-state index in [1.165, 1.54) is 15.9 Å². The lowest BCUT2D eigenvalue weighted by atomic mass is 9.93. The van der Waals surface area contributed by atoms with Gasteiger partial charge in [-0.05, 0) is 48.4 Å². The van der Waals surface area contributed by atoms with Gasteiger partial charge in [-0.2, -0.15) is 0 Å². The highest BCUT2D eigenvalue weighted by Crippen LogP contribution is 2.35. The van der Waals surface area contributed by atoms with Crippen molar-refractivity contribution >= 4 is 35.0 Å². The molecule has 3 aromatic carbocycles. The van der Waals surface area contributed by atoms with Crippen molar-refractivity contribution in [3.05, 3.63) is 121 Å². The van der Waals surface area contributed by atoms with E-state index in [0.717, 1.165) is 5.56 Å². The minimum absolute atomic E-state index is 0.163. The number of fused-ring (bicyclic) bond motifs is 1. The molecule has 10 heteroatoms. The van der Waals surface area contributed by atoms with Crippen molar-refractivity contribution in [1.29, 1.82) is 0 Å². The van der Waals surface area contributed by atoms with Gasteiger partial charge in [0.2, 0.25) is 0 Å². The maximum Gasteiger partial charge on any atom is 0.341 e. The largest absolute Gasteiger partial charge is 0.497 e. The molecule has 0 aliphatic carbocycles. The second-order valence-electron chi connectivity index (χ2n) is 8.96. The molecule has 0 fully saturated rings. The van der Waals surface area contributed by atoms with Crippen LogP contribution in [0, 0.1) is 0 Å². The first kappa shape index (κ1) is 27.6. The summed E-state index contributed by atoms with van der Waals surface area (Å²) >= 11 is 1.22. The minimum Gasteiger partial charge on any atom is -0.497 e. The van der Waals surface area contributed by atoms with E-state index in [9.17, 15) is 14.4 Å². The minimum atomic E-state index is -1.07. The van der Waals surface area contributed by atoms with E-state index in [4.69, 9.17) is 24.3 Å². The molecule has 9 nitrogen and oxygen atoms in total.